The van der Waals surface area contributed by atoms with Gasteiger partial charge in [0.05, 0.1) is 0 Å². The summed E-state index contributed by atoms with van der Waals surface area (Å²) in [5.74, 6) is -3.92. The maximum Gasteiger partial charge on any atom is 0.314 e. The Kier molecular flexibility index (Phi) is 3.33. The van der Waals surface area contributed by atoms with Crippen LogP contribution in [-0.4, -0.2) is 4.98 Å². The number of nitrogens with zero attached hydrogens (tertiary/aromatic N) is 1. The smallest absolute Gasteiger partial charge is 0.234 e. The van der Waals surface area contributed by atoms with Gasteiger partial charge >= 0.3 is 5.92 Å². The highest BCUT2D eigenvalue weighted by molar-refractivity contribution is 6.34. The van der Waals surface area contributed by atoms with Crippen LogP contribution in [-0.2, 0) is 5.92 Å². The zero-order valence-corrected chi connectivity index (χ0v) is 11.4. The van der Waals surface area contributed by atoms with Crippen LogP contribution in [0.25, 0.3) is 10.8 Å². The summed E-state index contributed by atoms with van der Waals surface area (Å²) in [5.41, 5.74) is -0.791. The molecule has 1 nitrogen and oxygen atoms in total. The van der Waals surface area contributed by atoms with E-state index in [0.717, 1.165) is 24.3 Å². The van der Waals surface area contributed by atoms with Gasteiger partial charge in [0.2, 0.25) is 0 Å². The molecule has 1 heterocycles. The van der Waals surface area contributed by atoms with Crippen LogP contribution in [0.1, 0.15) is 11.3 Å². The lowest BCUT2D eigenvalue weighted by Crippen LogP contribution is -2.17. The highest BCUT2D eigenvalue weighted by Gasteiger charge is 2.36. The van der Waals surface area contributed by atoms with E-state index in [4.69, 9.17) is 11.6 Å². The monoisotopic (exact) mass is 307 g/mol. The van der Waals surface area contributed by atoms with Crippen molar-refractivity contribution in [1.82, 2.24) is 4.98 Å². The Bertz CT molecular complexity index is 800. The van der Waals surface area contributed by atoms with Crippen LogP contribution < -0.4 is 0 Å². The molecule has 5 heteroatoms. The molecule has 0 amide bonds. The molecule has 0 radical (unpaired) electrons. The van der Waals surface area contributed by atoms with Gasteiger partial charge in [-0.2, -0.15) is 8.78 Å². The predicted octanol–water partition coefficient (Wildman–Crippen LogP) is 5.17. The normalized spacial score (nSPS) is 11.8. The van der Waals surface area contributed by atoms with Crippen molar-refractivity contribution < 1.29 is 13.2 Å². The number of hydrogen-bond acceptors (Lipinski definition) is 1. The fourth-order valence-corrected chi connectivity index (χ4v) is 2.39. The zero-order valence-electron chi connectivity index (χ0n) is 10.7. The Morgan fingerprint density at radius 1 is 0.952 bits per heavy atom. The van der Waals surface area contributed by atoms with Crippen molar-refractivity contribution >= 4 is 22.4 Å². The van der Waals surface area contributed by atoms with E-state index in [-0.39, 0.29) is 10.7 Å². The molecule has 0 saturated carbocycles. The topological polar surface area (TPSA) is 12.9 Å². The van der Waals surface area contributed by atoms with E-state index in [1.165, 1.54) is 6.07 Å². The molecule has 3 aromatic rings. The van der Waals surface area contributed by atoms with E-state index in [1.807, 2.05) is 0 Å². The highest BCUT2D eigenvalue weighted by atomic mass is 35.5. The summed E-state index contributed by atoms with van der Waals surface area (Å²) in [7, 11) is 0. The van der Waals surface area contributed by atoms with E-state index in [2.05, 4.69) is 4.98 Å². The fraction of sp³-hybridized carbons (Fsp3) is 0.0625. The van der Waals surface area contributed by atoms with E-state index < -0.39 is 17.4 Å². The Morgan fingerprint density at radius 2 is 1.62 bits per heavy atom. The van der Waals surface area contributed by atoms with Gasteiger partial charge in [0, 0.05) is 10.9 Å². The van der Waals surface area contributed by atoms with Crippen molar-refractivity contribution in [3.05, 3.63) is 76.8 Å². The number of hydrogen-bond donors (Lipinski definition) is 0. The SMILES string of the molecule is Fc1ccc(C(F)(F)c2cc3ccccc3c(Cl)n2)cc1. The third kappa shape index (κ3) is 2.47. The molecule has 0 saturated heterocycles. The summed E-state index contributed by atoms with van der Waals surface area (Å²) in [4.78, 5) is 3.79. The van der Waals surface area contributed by atoms with Gasteiger partial charge in [0.25, 0.3) is 0 Å². The number of pyridine rings is 1. The predicted molar refractivity (Wildman–Crippen MR) is 76.1 cm³/mol. The standard InChI is InChI=1S/C16H9ClF3N/c17-15-13-4-2-1-3-10(13)9-14(21-15)16(19,20)11-5-7-12(18)8-6-11/h1-9H. The molecule has 3 rings (SSSR count). The number of alkyl halides is 2. The Hall–Kier alpha value is -2.07. The average molecular weight is 308 g/mol. The van der Waals surface area contributed by atoms with Crippen molar-refractivity contribution in [2.75, 3.05) is 0 Å². The molecule has 0 aliphatic heterocycles. The quantitative estimate of drug-likeness (QED) is 0.595. The first-order valence-corrected chi connectivity index (χ1v) is 6.56. The van der Waals surface area contributed by atoms with Gasteiger partial charge in [-0.1, -0.05) is 35.9 Å². The summed E-state index contributed by atoms with van der Waals surface area (Å²) in [6, 6.07) is 12.3. The van der Waals surface area contributed by atoms with Crippen molar-refractivity contribution in [1.29, 1.82) is 0 Å². The minimum Gasteiger partial charge on any atom is -0.234 e. The van der Waals surface area contributed by atoms with Crippen LogP contribution >= 0.6 is 11.6 Å². The third-order valence-electron chi connectivity index (χ3n) is 3.22. The van der Waals surface area contributed by atoms with Crippen molar-refractivity contribution in [3.8, 4) is 0 Å². The van der Waals surface area contributed by atoms with E-state index >= 15 is 0 Å². The summed E-state index contributed by atoms with van der Waals surface area (Å²) in [6.45, 7) is 0. The molecule has 0 atom stereocenters. The molecule has 0 aliphatic carbocycles. The molecule has 0 bridgehead atoms. The van der Waals surface area contributed by atoms with Gasteiger partial charge < -0.3 is 0 Å². The Labute approximate surface area is 124 Å². The lowest BCUT2D eigenvalue weighted by atomic mass is 10.0. The van der Waals surface area contributed by atoms with Crippen molar-refractivity contribution in [2.24, 2.45) is 0 Å². The molecule has 106 valence electrons. The Morgan fingerprint density at radius 3 is 2.33 bits per heavy atom. The summed E-state index contributed by atoms with van der Waals surface area (Å²) in [5, 5.41) is 1.21. The molecule has 0 fully saturated rings. The van der Waals surface area contributed by atoms with Gasteiger partial charge in [0.1, 0.15) is 16.7 Å². The van der Waals surface area contributed by atoms with Crippen molar-refractivity contribution in [2.45, 2.75) is 5.92 Å². The van der Waals surface area contributed by atoms with Gasteiger partial charge in [-0.25, -0.2) is 9.37 Å². The minimum absolute atomic E-state index is 0.0184. The van der Waals surface area contributed by atoms with Crippen LogP contribution in [0.2, 0.25) is 5.15 Å². The molecular weight excluding hydrogens is 299 g/mol. The summed E-state index contributed by atoms with van der Waals surface area (Å²) >= 11 is 5.98. The number of benzene rings is 2. The molecule has 0 N–H and O–H groups in total. The molecule has 0 aliphatic rings. The number of rotatable bonds is 2. The molecule has 21 heavy (non-hydrogen) atoms. The highest BCUT2D eigenvalue weighted by Crippen LogP contribution is 2.37. The maximum atomic E-state index is 14.5. The largest absolute Gasteiger partial charge is 0.314 e. The van der Waals surface area contributed by atoms with Crippen LogP contribution in [0.3, 0.4) is 0 Å². The van der Waals surface area contributed by atoms with Crippen LogP contribution in [0.4, 0.5) is 13.2 Å². The van der Waals surface area contributed by atoms with Crippen molar-refractivity contribution in [3.63, 3.8) is 0 Å². The first-order valence-electron chi connectivity index (χ1n) is 6.18. The average Bonchev–Trinajstić information content (AvgIpc) is 2.47. The van der Waals surface area contributed by atoms with Gasteiger partial charge in [0.15, 0.2) is 0 Å². The first-order chi connectivity index (χ1) is 9.98. The summed E-state index contributed by atoms with van der Waals surface area (Å²) < 4.78 is 41.8. The second-order valence-electron chi connectivity index (χ2n) is 4.60. The van der Waals surface area contributed by atoms with Gasteiger partial charge in [-0.05, 0) is 35.7 Å². The van der Waals surface area contributed by atoms with E-state index in [0.29, 0.717) is 10.8 Å². The zero-order chi connectivity index (χ0) is 15.0. The van der Waals surface area contributed by atoms with Crippen LogP contribution in [0.5, 0.6) is 0 Å². The fourth-order valence-electron chi connectivity index (χ4n) is 2.12. The second-order valence-corrected chi connectivity index (χ2v) is 4.96. The molecule has 0 unspecified atom stereocenters. The molecule has 2 aromatic carbocycles. The van der Waals surface area contributed by atoms with Gasteiger partial charge in [-0.15, -0.1) is 0 Å². The van der Waals surface area contributed by atoms with E-state index in [1.54, 1.807) is 24.3 Å². The number of aromatic nitrogens is 1. The van der Waals surface area contributed by atoms with Gasteiger partial charge in [-0.3, -0.25) is 0 Å². The second kappa shape index (κ2) is 5.04. The van der Waals surface area contributed by atoms with Crippen LogP contribution in [0.15, 0.2) is 54.6 Å². The molecule has 0 spiro atoms. The third-order valence-corrected chi connectivity index (χ3v) is 3.51. The summed E-state index contributed by atoms with van der Waals surface area (Å²) in [6.07, 6.45) is 0. The van der Waals surface area contributed by atoms with E-state index in [9.17, 15) is 13.2 Å². The lowest BCUT2D eigenvalue weighted by Gasteiger charge is -2.17. The minimum atomic E-state index is -3.35. The maximum absolute atomic E-state index is 14.5. The first kappa shape index (κ1) is 13.9. The molecule has 1 aromatic heterocycles. The lowest BCUT2D eigenvalue weighted by molar-refractivity contribution is 0.0381. The number of halogens is 4. The Balaban J connectivity index is 2.16. The van der Waals surface area contributed by atoms with Crippen LogP contribution in [0, 0.1) is 5.82 Å². The molecular formula is C16H9ClF3N. The number of fused-ring (bicyclic) bond motifs is 1.